The van der Waals surface area contributed by atoms with Crippen molar-refractivity contribution in [3.8, 4) is 11.4 Å². The van der Waals surface area contributed by atoms with E-state index in [1.807, 2.05) is 45.9 Å². The van der Waals surface area contributed by atoms with E-state index in [1.54, 1.807) is 24.2 Å². The molecule has 128 valence electrons. The molecule has 0 unspecified atom stereocenters. The molecular formula is C17H23BN2O4. The fourth-order valence-corrected chi connectivity index (χ4v) is 2.59. The molecule has 24 heavy (non-hydrogen) atoms. The van der Waals surface area contributed by atoms with Crippen LogP contribution in [0.4, 0.5) is 0 Å². The zero-order valence-corrected chi connectivity index (χ0v) is 14.7. The molecule has 0 saturated carbocycles. The molecule has 2 aromatic rings. The predicted octanol–water partition coefficient (Wildman–Crippen LogP) is 1.67. The van der Waals surface area contributed by atoms with Gasteiger partial charge in [0.2, 0.25) is 0 Å². The quantitative estimate of drug-likeness (QED) is 0.864. The largest absolute Gasteiger partial charge is 0.498 e. The van der Waals surface area contributed by atoms with E-state index in [0.717, 1.165) is 16.7 Å². The van der Waals surface area contributed by atoms with E-state index in [2.05, 4.69) is 5.10 Å². The van der Waals surface area contributed by atoms with Crippen molar-refractivity contribution in [3.63, 3.8) is 0 Å². The summed E-state index contributed by atoms with van der Waals surface area (Å²) in [5.41, 5.74) is 1.63. The molecule has 1 aromatic heterocycles. The Bertz CT molecular complexity index is 726. The van der Waals surface area contributed by atoms with Crippen molar-refractivity contribution in [2.24, 2.45) is 0 Å². The second-order valence-corrected chi connectivity index (χ2v) is 6.97. The normalized spacial score (nSPS) is 18.8. The van der Waals surface area contributed by atoms with E-state index in [4.69, 9.17) is 14.0 Å². The molecule has 0 aliphatic carbocycles. The summed E-state index contributed by atoms with van der Waals surface area (Å²) in [7, 11) is 1.14. The molecule has 7 heteroatoms. The number of benzene rings is 1. The van der Waals surface area contributed by atoms with Gasteiger partial charge in [0, 0.05) is 23.3 Å². The number of hydrogen-bond acceptors (Lipinski definition) is 5. The molecule has 2 heterocycles. The highest BCUT2D eigenvalue weighted by Gasteiger charge is 2.52. The van der Waals surface area contributed by atoms with Crippen LogP contribution >= 0.6 is 0 Å². The van der Waals surface area contributed by atoms with Crippen molar-refractivity contribution in [1.29, 1.82) is 0 Å². The molecule has 3 rings (SSSR count). The maximum atomic E-state index is 9.17. The van der Waals surface area contributed by atoms with Crippen molar-refractivity contribution < 1.29 is 19.2 Å². The Labute approximate surface area is 142 Å². The van der Waals surface area contributed by atoms with Gasteiger partial charge in [-0.1, -0.05) is 6.07 Å². The summed E-state index contributed by atoms with van der Waals surface area (Å²) in [6.45, 7) is 8.05. The van der Waals surface area contributed by atoms with Crippen LogP contribution in [-0.4, -0.2) is 40.3 Å². The first-order chi connectivity index (χ1) is 11.3. The molecule has 1 aromatic carbocycles. The third-order valence-corrected chi connectivity index (χ3v) is 4.81. The van der Waals surface area contributed by atoms with E-state index in [0.29, 0.717) is 5.75 Å². The molecule has 1 saturated heterocycles. The molecule has 1 N–H and O–H groups in total. The Kier molecular flexibility index (Phi) is 4.19. The molecule has 6 nitrogen and oxygen atoms in total. The third-order valence-electron chi connectivity index (χ3n) is 4.81. The van der Waals surface area contributed by atoms with Crippen LogP contribution in [0, 0.1) is 0 Å². The lowest BCUT2D eigenvalue weighted by Gasteiger charge is -2.32. The van der Waals surface area contributed by atoms with Gasteiger partial charge in [0.15, 0.2) is 0 Å². The first kappa shape index (κ1) is 17.0. The van der Waals surface area contributed by atoms with Gasteiger partial charge >= 0.3 is 7.12 Å². The Morgan fingerprint density at radius 2 is 1.88 bits per heavy atom. The Morgan fingerprint density at radius 1 is 1.21 bits per heavy atom. The van der Waals surface area contributed by atoms with Crippen LogP contribution in [0.5, 0.6) is 5.75 Å². The maximum Gasteiger partial charge on any atom is 0.498 e. The van der Waals surface area contributed by atoms with E-state index < -0.39 is 18.3 Å². The molecule has 1 aliphatic heterocycles. The van der Waals surface area contributed by atoms with Gasteiger partial charge < -0.3 is 19.2 Å². The second kappa shape index (κ2) is 5.91. The zero-order chi connectivity index (χ0) is 17.5. The van der Waals surface area contributed by atoms with Crippen LogP contribution < -0.4 is 10.2 Å². The molecular weight excluding hydrogens is 307 g/mol. The van der Waals surface area contributed by atoms with Gasteiger partial charge in [-0.2, -0.15) is 5.10 Å². The fraction of sp³-hybridized carbons (Fsp3) is 0.471. The average Bonchev–Trinajstić information content (AvgIpc) is 3.09. The SMILES string of the molecule is COc1cc(-n2cc(CO)cn2)ccc1B1OC(C)(C)C(C)(C)O1. The Hall–Kier alpha value is -1.83. The zero-order valence-electron chi connectivity index (χ0n) is 14.7. The second-order valence-electron chi connectivity index (χ2n) is 6.97. The minimum absolute atomic E-state index is 0.0386. The lowest BCUT2D eigenvalue weighted by Crippen LogP contribution is -2.41. The van der Waals surface area contributed by atoms with Crippen LogP contribution in [0.3, 0.4) is 0 Å². The lowest BCUT2D eigenvalue weighted by atomic mass is 9.78. The third kappa shape index (κ3) is 2.83. The Morgan fingerprint density at radius 3 is 2.42 bits per heavy atom. The van der Waals surface area contributed by atoms with Crippen molar-refractivity contribution in [1.82, 2.24) is 9.78 Å². The summed E-state index contributed by atoms with van der Waals surface area (Å²) in [4.78, 5) is 0. The number of nitrogens with zero attached hydrogens (tertiary/aromatic N) is 2. The molecule has 0 amide bonds. The number of ether oxygens (including phenoxy) is 1. The number of aromatic nitrogens is 2. The van der Waals surface area contributed by atoms with Gasteiger partial charge in [0.25, 0.3) is 0 Å². The molecule has 1 aliphatic rings. The van der Waals surface area contributed by atoms with Crippen molar-refractivity contribution in [2.45, 2.75) is 45.5 Å². The maximum absolute atomic E-state index is 9.17. The van der Waals surface area contributed by atoms with Crippen LogP contribution in [0.15, 0.2) is 30.6 Å². The van der Waals surface area contributed by atoms with Crippen LogP contribution in [0.25, 0.3) is 5.69 Å². The molecule has 0 bridgehead atoms. The first-order valence-electron chi connectivity index (χ1n) is 7.96. The number of rotatable bonds is 4. The number of aliphatic hydroxyl groups is 1. The van der Waals surface area contributed by atoms with Crippen molar-refractivity contribution in [3.05, 3.63) is 36.2 Å². The highest BCUT2D eigenvalue weighted by Crippen LogP contribution is 2.37. The predicted molar refractivity (Wildman–Crippen MR) is 91.8 cm³/mol. The van der Waals surface area contributed by atoms with Gasteiger partial charge in [-0.3, -0.25) is 0 Å². The molecule has 0 radical (unpaired) electrons. The van der Waals surface area contributed by atoms with Gasteiger partial charge in [-0.05, 0) is 33.8 Å². The van der Waals surface area contributed by atoms with Gasteiger partial charge in [-0.25, -0.2) is 4.68 Å². The summed E-state index contributed by atoms with van der Waals surface area (Å²) in [5.74, 6) is 0.673. The smallest absolute Gasteiger partial charge is 0.497 e. The van der Waals surface area contributed by atoms with Crippen molar-refractivity contribution in [2.75, 3.05) is 7.11 Å². The average molecular weight is 330 g/mol. The summed E-state index contributed by atoms with van der Waals surface area (Å²) < 4.78 is 19.4. The topological polar surface area (TPSA) is 65.7 Å². The number of aliphatic hydroxyl groups excluding tert-OH is 1. The fourth-order valence-electron chi connectivity index (χ4n) is 2.59. The molecule has 0 atom stereocenters. The van der Waals surface area contributed by atoms with Crippen molar-refractivity contribution >= 4 is 12.6 Å². The van der Waals surface area contributed by atoms with E-state index in [-0.39, 0.29) is 6.61 Å². The highest BCUT2D eigenvalue weighted by molar-refractivity contribution is 6.63. The number of hydrogen-bond donors (Lipinski definition) is 1. The van der Waals surface area contributed by atoms with Crippen LogP contribution in [0.2, 0.25) is 0 Å². The summed E-state index contributed by atoms with van der Waals surface area (Å²) in [6, 6.07) is 5.74. The minimum atomic E-state index is -0.482. The number of methoxy groups -OCH3 is 1. The van der Waals surface area contributed by atoms with E-state index in [1.165, 1.54) is 0 Å². The highest BCUT2D eigenvalue weighted by atomic mass is 16.7. The van der Waals surface area contributed by atoms with E-state index >= 15 is 0 Å². The van der Waals surface area contributed by atoms with Crippen LogP contribution in [0.1, 0.15) is 33.3 Å². The van der Waals surface area contributed by atoms with Gasteiger partial charge in [0.1, 0.15) is 5.75 Å². The standard InChI is InChI=1S/C17H23BN2O4/c1-16(2)17(3,4)24-18(23-16)14-7-6-13(8-15(14)22-5)20-10-12(11-21)9-19-20/h6-10,21H,11H2,1-5H3. The van der Waals surface area contributed by atoms with Gasteiger partial charge in [0.05, 0.1) is 36.8 Å². The molecule has 0 spiro atoms. The lowest BCUT2D eigenvalue weighted by molar-refractivity contribution is 0.00578. The monoisotopic (exact) mass is 330 g/mol. The minimum Gasteiger partial charge on any atom is -0.497 e. The molecule has 1 fully saturated rings. The summed E-state index contributed by atoms with van der Waals surface area (Å²) >= 11 is 0. The summed E-state index contributed by atoms with van der Waals surface area (Å²) in [6.07, 6.45) is 3.41. The summed E-state index contributed by atoms with van der Waals surface area (Å²) in [5, 5.41) is 13.4. The van der Waals surface area contributed by atoms with Gasteiger partial charge in [-0.15, -0.1) is 0 Å². The first-order valence-corrected chi connectivity index (χ1v) is 7.96. The Balaban J connectivity index is 1.93. The van der Waals surface area contributed by atoms with Crippen LogP contribution in [-0.2, 0) is 15.9 Å². The van der Waals surface area contributed by atoms with E-state index in [9.17, 15) is 5.11 Å².